The Hall–Kier alpha value is -1.24. The zero-order valence-electron chi connectivity index (χ0n) is 11.5. The van der Waals surface area contributed by atoms with Gasteiger partial charge in [0.1, 0.15) is 0 Å². The minimum Gasteiger partial charge on any atom is -0.396 e. The third-order valence-corrected chi connectivity index (χ3v) is 3.62. The molecule has 0 saturated carbocycles. The monoisotopic (exact) mass is 338 g/mol. The van der Waals surface area contributed by atoms with Gasteiger partial charge in [-0.1, -0.05) is 33.3 Å². The maximum absolute atomic E-state index is 8.78. The highest BCUT2D eigenvalue weighted by atomic mass is 79.9. The Morgan fingerprint density at radius 2 is 2.10 bits per heavy atom. The minimum absolute atomic E-state index is 0.175. The second-order valence-electron chi connectivity index (χ2n) is 4.70. The second-order valence-corrected chi connectivity index (χ2v) is 5.62. The van der Waals surface area contributed by atoms with Crippen LogP contribution in [0.3, 0.4) is 0 Å². The molecule has 5 nitrogen and oxygen atoms in total. The number of nitrogens with one attached hydrogen (secondary N) is 1. The molecule has 1 aromatic heterocycles. The highest BCUT2D eigenvalue weighted by Gasteiger charge is 2.06. The summed E-state index contributed by atoms with van der Waals surface area (Å²) in [5.74, 6) is 0. The van der Waals surface area contributed by atoms with Gasteiger partial charge in [-0.15, -0.1) is 5.10 Å². The summed E-state index contributed by atoms with van der Waals surface area (Å²) in [4.78, 5) is 0. The molecular formula is C14H19BrN4O. The molecule has 0 bridgehead atoms. The lowest BCUT2D eigenvalue weighted by molar-refractivity contribution is 0.276. The summed E-state index contributed by atoms with van der Waals surface area (Å²) in [6, 6.07) is 8.53. The van der Waals surface area contributed by atoms with Crippen molar-refractivity contribution in [3.05, 3.63) is 46.2 Å². The van der Waals surface area contributed by atoms with Gasteiger partial charge >= 0.3 is 0 Å². The molecule has 0 saturated heterocycles. The van der Waals surface area contributed by atoms with Crippen molar-refractivity contribution in [1.29, 1.82) is 0 Å². The first-order valence-corrected chi connectivity index (χ1v) is 7.47. The predicted molar refractivity (Wildman–Crippen MR) is 81.1 cm³/mol. The molecule has 1 aromatic carbocycles. The summed E-state index contributed by atoms with van der Waals surface area (Å²) in [7, 11) is 0. The first-order chi connectivity index (χ1) is 9.69. The van der Waals surface area contributed by atoms with Gasteiger partial charge in [-0.3, -0.25) is 4.68 Å². The van der Waals surface area contributed by atoms with Crippen LogP contribution in [0.1, 0.15) is 30.6 Å². The number of aliphatic hydroxyl groups excluding tert-OH is 1. The van der Waals surface area contributed by atoms with Crippen LogP contribution in [0.15, 0.2) is 34.9 Å². The van der Waals surface area contributed by atoms with Crippen LogP contribution in [0.25, 0.3) is 0 Å². The highest BCUT2D eigenvalue weighted by Crippen LogP contribution is 2.16. The van der Waals surface area contributed by atoms with Gasteiger partial charge in [0.05, 0.1) is 5.69 Å². The molecule has 1 heterocycles. The van der Waals surface area contributed by atoms with Crippen LogP contribution in [-0.2, 0) is 13.1 Å². The van der Waals surface area contributed by atoms with E-state index in [9.17, 15) is 0 Å². The standard InChI is InChI=1S/C14H19BrN4O/c1-11(12-3-5-13(15)6-4-12)16-9-14-10-19(18-17-14)7-2-8-20/h3-6,10-11,16,20H,2,7-9H2,1H3/t11-/m1/s1. The van der Waals surface area contributed by atoms with E-state index in [4.69, 9.17) is 5.11 Å². The van der Waals surface area contributed by atoms with E-state index < -0.39 is 0 Å². The van der Waals surface area contributed by atoms with Crippen LogP contribution >= 0.6 is 15.9 Å². The predicted octanol–water partition coefficient (Wildman–Crippen LogP) is 2.27. The van der Waals surface area contributed by atoms with Gasteiger partial charge in [-0.2, -0.15) is 0 Å². The number of benzene rings is 1. The number of aromatic nitrogens is 3. The SMILES string of the molecule is C[C@@H](NCc1cn(CCCO)nn1)c1ccc(Br)cc1. The van der Waals surface area contributed by atoms with Crippen LogP contribution in [0.5, 0.6) is 0 Å². The first-order valence-electron chi connectivity index (χ1n) is 6.68. The van der Waals surface area contributed by atoms with E-state index in [0.717, 1.165) is 10.2 Å². The molecule has 0 aliphatic heterocycles. The van der Waals surface area contributed by atoms with Crippen molar-refractivity contribution in [2.45, 2.75) is 32.5 Å². The van der Waals surface area contributed by atoms with E-state index in [-0.39, 0.29) is 12.6 Å². The molecule has 0 aliphatic carbocycles. The Morgan fingerprint density at radius 3 is 2.80 bits per heavy atom. The smallest absolute Gasteiger partial charge is 0.0965 e. The number of aliphatic hydroxyl groups is 1. The molecule has 1 atom stereocenters. The molecular weight excluding hydrogens is 320 g/mol. The zero-order chi connectivity index (χ0) is 14.4. The lowest BCUT2D eigenvalue weighted by Gasteiger charge is -2.13. The molecule has 0 spiro atoms. The van der Waals surface area contributed by atoms with Crippen LogP contribution < -0.4 is 5.32 Å². The fourth-order valence-electron chi connectivity index (χ4n) is 1.89. The quantitative estimate of drug-likeness (QED) is 0.812. The van der Waals surface area contributed by atoms with Gasteiger partial charge < -0.3 is 10.4 Å². The highest BCUT2D eigenvalue weighted by molar-refractivity contribution is 9.10. The zero-order valence-corrected chi connectivity index (χ0v) is 13.0. The minimum atomic E-state index is 0.175. The molecule has 0 radical (unpaired) electrons. The Kier molecular flexibility index (Phi) is 5.70. The first kappa shape index (κ1) is 15.2. The number of hydrogen-bond acceptors (Lipinski definition) is 4. The van der Waals surface area contributed by atoms with E-state index in [0.29, 0.717) is 19.5 Å². The maximum Gasteiger partial charge on any atom is 0.0965 e. The summed E-state index contributed by atoms with van der Waals surface area (Å²) in [6.07, 6.45) is 2.61. The van der Waals surface area contributed by atoms with Crippen molar-refractivity contribution >= 4 is 15.9 Å². The van der Waals surface area contributed by atoms with E-state index in [1.54, 1.807) is 4.68 Å². The Balaban J connectivity index is 1.85. The van der Waals surface area contributed by atoms with Crippen molar-refractivity contribution in [3.63, 3.8) is 0 Å². The fraction of sp³-hybridized carbons (Fsp3) is 0.429. The van der Waals surface area contributed by atoms with Gasteiger partial charge in [0.15, 0.2) is 0 Å². The molecule has 2 N–H and O–H groups in total. The molecule has 0 fully saturated rings. The number of nitrogens with zero attached hydrogens (tertiary/aromatic N) is 3. The van der Waals surface area contributed by atoms with Gasteiger partial charge in [-0.25, -0.2) is 0 Å². The third-order valence-electron chi connectivity index (χ3n) is 3.09. The number of rotatable bonds is 7. The van der Waals surface area contributed by atoms with Gasteiger partial charge in [-0.05, 0) is 31.0 Å². The molecule has 20 heavy (non-hydrogen) atoms. The molecule has 0 unspecified atom stereocenters. The van der Waals surface area contributed by atoms with Crippen molar-refractivity contribution in [1.82, 2.24) is 20.3 Å². The lowest BCUT2D eigenvalue weighted by Crippen LogP contribution is -2.18. The van der Waals surface area contributed by atoms with E-state index >= 15 is 0 Å². The van der Waals surface area contributed by atoms with Crippen LogP contribution in [0.4, 0.5) is 0 Å². The molecule has 6 heteroatoms. The summed E-state index contributed by atoms with van der Waals surface area (Å²) < 4.78 is 2.85. The number of aryl methyl sites for hydroxylation is 1. The number of halogens is 1. The largest absolute Gasteiger partial charge is 0.396 e. The van der Waals surface area contributed by atoms with Gasteiger partial charge in [0, 0.05) is 36.4 Å². The lowest BCUT2D eigenvalue weighted by atomic mass is 10.1. The van der Waals surface area contributed by atoms with Crippen molar-refractivity contribution in [2.75, 3.05) is 6.61 Å². The van der Waals surface area contributed by atoms with Crippen LogP contribution in [0.2, 0.25) is 0 Å². The molecule has 108 valence electrons. The Bertz CT molecular complexity index is 526. The maximum atomic E-state index is 8.78. The average molecular weight is 339 g/mol. The molecule has 2 rings (SSSR count). The van der Waals surface area contributed by atoms with Crippen molar-refractivity contribution in [3.8, 4) is 0 Å². The molecule has 2 aromatic rings. The Morgan fingerprint density at radius 1 is 1.35 bits per heavy atom. The van der Waals surface area contributed by atoms with E-state index in [2.05, 4.69) is 50.6 Å². The van der Waals surface area contributed by atoms with Gasteiger partial charge in [0.2, 0.25) is 0 Å². The fourth-order valence-corrected chi connectivity index (χ4v) is 2.15. The summed E-state index contributed by atoms with van der Waals surface area (Å²) in [5, 5.41) is 20.3. The van der Waals surface area contributed by atoms with Crippen LogP contribution in [-0.4, -0.2) is 26.7 Å². The summed E-state index contributed by atoms with van der Waals surface area (Å²) >= 11 is 3.43. The van der Waals surface area contributed by atoms with E-state index in [1.165, 1.54) is 5.56 Å². The summed E-state index contributed by atoms with van der Waals surface area (Å²) in [5.41, 5.74) is 2.15. The average Bonchev–Trinajstić information content (AvgIpc) is 2.91. The topological polar surface area (TPSA) is 63.0 Å². The van der Waals surface area contributed by atoms with Crippen molar-refractivity contribution in [2.24, 2.45) is 0 Å². The van der Waals surface area contributed by atoms with Crippen LogP contribution in [0, 0.1) is 0 Å². The Labute approximate surface area is 127 Å². The van der Waals surface area contributed by atoms with Crippen molar-refractivity contribution < 1.29 is 5.11 Å². The van der Waals surface area contributed by atoms with E-state index in [1.807, 2.05) is 18.3 Å². The summed E-state index contributed by atoms with van der Waals surface area (Å²) in [6.45, 7) is 3.68. The second kappa shape index (κ2) is 7.52. The normalized spacial score (nSPS) is 12.6. The van der Waals surface area contributed by atoms with Gasteiger partial charge in [0.25, 0.3) is 0 Å². The third kappa shape index (κ3) is 4.40. The molecule has 0 amide bonds. The molecule has 0 aliphatic rings. The number of hydrogen-bond donors (Lipinski definition) is 2.